The third-order valence-electron chi connectivity index (χ3n) is 5.96. The van der Waals surface area contributed by atoms with Gasteiger partial charge >= 0.3 is 6.03 Å². The summed E-state index contributed by atoms with van der Waals surface area (Å²) in [4.78, 5) is 29.5. The van der Waals surface area contributed by atoms with Gasteiger partial charge in [-0.2, -0.15) is 0 Å². The molecule has 0 bridgehead atoms. The second kappa shape index (κ2) is 10.0. The second-order valence-electron chi connectivity index (χ2n) is 8.14. The van der Waals surface area contributed by atoms with Crippen LogP contribution in [0.15, 0.2) is 30.3 Å². The number of likely N-dealkylation sites (tertiary alicyclic amines) is 1. The summed E-state index contributed by atoms with van der Waals surface area (Å²) in [5, 5.41) is 3.13. The predicted molar refractivity (Wildman–Crippen MR) is 109 cm³/mol. The van der Waals surface area contributed by atoms with Crippen molar-refractivity contribution in [3.8, 4) is 0 Å². The molecular formula is C22H33N3O3. The molecule has 0 aliphatic carbocycles. The van der Waals surface area contributed by atoms with E-state index in [9.17, 15) is 9.59 Å². The number of urea groups is 1. The highest BCUT2D eigenvalue weighted by atomic mass is 16.5. The molecule has 2 fully saturated rings. The summed E-state index contributed by atoms with van der Waals surface area (Å²) >= 11 is 0. The van der Waals surface area contributed by atoms with Crippen LogP contribution in [-0.2, 0) is 4.74 Å². The van der Waals surface area contributed by atoms with E-state index in [0.717, 1.165) is 44.7 Å². The molecule has 28 heavy (non-hydrogen) atoms. The summed E-state index contributed by atoms with van der Waals surface area (Å²) in [6.45, 7) is 9.70. The van der Waals surface area contributed by atoms with Crippen LogP contribution in [-0.4, -0.2) is 73.6 Å². The van der Waals surface area contributed by atoms with Gasteiger partial charge in [-0.05, 0) is 18.8 Å². The number of carbonyl (C=O) groups is 2. The number of nitrogens with zero attached hydrogens (tertiary/aromatic N) is 2. The first-order valence-corrected chi connectivity index (χ1v) is 10.5. The molecular weight excluding hydrogens is 354 g/mol. The molecule has 1 aromatic rings. The molecule has 2 amide bonds. The Hall–Kier alpha value is -1.92. The molecule has 2 saturated heterocycles. The van der Waals surface area contributed by atoms with E-state index >= 15 is 0 Å². The van der Waals surface area contributed by atoms with E-state index in [1.54, 1.807) is 0 Å². The van der Waals surface area contributed by atoms with Crippen LogP contribution in [0.2, 0.25) is 0 Å². The Morgan fingerprint density at radius 1 is 1.07 bits per heavy atom. The topological polar surface area (TPSA) is 61.9 Å². The highest BCUT2D eigenvalue weighted by molar-refractivity contribution is 5.97. The molecule has 1 atom stereocenters. The molecule has 2 aliphatic heterocycles. The number of hydrogen-bond acceptors (Lipinski definition) is 4. The van der Waals surface area contributed by atoms with Gasteiger partial charge in [0.05, 0.1) is 13.2 Å². The second-order valence-corrected chi connectivity index (χ2v) is 8.14. The molecule has 0 aromatic heterocycles. The molecule has 1 N–H and O–H groups in total. The molecule has 2 heterocycles. The third-order valence-corrected chi connectivity index (χ3v) is 5.96. The van der Waals surface area contributed by atoms with Crippen LogP contribution in [0.5, 0.6) is 0 Å². The van der Waals surface area contributed by atoms with Crippen LogP contribution in [0.3, 0.4) is 0 Å². The van der Waals surface area contributed by atoms with Crippen LogP contribution in [0, 0.1) is 11.8 Å². The van der Waals surface area contributed by atoms with Gasteiger partial charge in [0.2, 0.25) is 0 Å². The molecule has 0 spiro atoms. The van der Waals surface area contributed by atoms with E-state index in [0.29, 0.717) is 31.6 Å². The van der Waals surface area contributed by atoms with Gasteiger partial charge in [0.1, 0.15) is 0 Å². The monoisotopic (exact) mass is 387 g/mol. The van der Waals surface area contributed by atoms with E-state index in [4.69, 9.17) is 4.74 Å². The smallest absolute Gasteiger partial charge is 0.317 e. The van der Waals surface area contributed by atoms with Crippen molar-refractivity contribution in [2.45, 2.75) is 32.7 Å². The maximum Gasteiger partial charge on any atom is 0.317 e. The number of morpholine rings is 1. The van der Waals surface area contributed by atoms with Crippen molar-refractivity contribution in [2.24, 2.45) is 11.8 Å². The Kier molecular flexibility index (Phi) is 7.45. The minimum Gasteiger partial charge on any atom is -0.379 e. The lowest BCUT2D eigenvalue weighted by atomic mass is 9.89. The van der Waals surface area contributed by atoms with Gasteiger partial charge in [0, 0.05) is 50.2 Å². The number of Topliss-reactive ketones (excluding diaryl/α,β-unsaturated/α-hetero) is 1. The zero-order chi connectivity index (χ0) is 19.9. The van der Waals surface area contributed by atoms with Crippen molar-refractivity contribution >= 4 is 11.8 Å². The van der Waals surface area contributed by atoms with Crippen LogP contribution in [0.4, 0.5) is 4.79 Å². The molecule has 3 rings (SSSR count). The predicted octanol–water partition coefficient (Wildman–Crippen LogP) is 2.65. The van der Waals surface area contributed by atoms with Gasteiger partial charge in [-0.25, -0.2) is 4.79 Å². The van der Waals surface area contributed by atoms with E-state index in [-0.39, 0.29) is 17.7 Å². The molecule has 1 aromatic carbocycles. The summed E-state index contributed by atoms with van der Waals surface area (Å²) in [6.07, 6.45) is 1.47. The van der Waals surface area contributed by atoms with Crippen molar-refractivity contribution in [1.29, 1.82) is 0 Å². The Morgan fingerprint density at radius 2 is 1.71 bits per heavy atom. The molecule has 2 aliphatic rings. The molecule has 6 nitrogen and oxygen atoms in total. The summed E-state index contributed by atoms with van der Waals surface area (Å²) in [7, 11) is 0. The third kappa shape index (κ3) is 5.32. The highest BCUT2D eigenvalue weighted by Crippen LogP contribution is 2.22. The SMILES string of the molecule is CC(C)C(CNC(=O)N1CCC(C(=O)c2ccccc2)CC1)N1CCOCC1. The van der Waals surface area contributed by atoms with Crippen LogP contribution in [0.1, 0.15) is 37.0 Å². The fourth-order valence-electron chi connectivity index (χ4n) is 4.18. The van der Waals surface area contributed by atoms with Crippen molar-refractivity contribution < 1.29 is 14.3 Å². The fourth-order valence-corrected chi connectivity index (χ4v) is 4.18. The minimum absolute atomic E-state index is 0.00970. The van der Waals surface area contributed by atoms with Crippen molar-refractivity contribution in [3.05, 3.63) is 35.9 Å². The quantitative estimate of drug-likeness (QED) is 0.763. The lowest BCUT2D eigenvalue weighted by Gasteiger charge is -2.38. The first-order valence-electron chi connectivity index (χ1n) is 10.5. The van der Waals surface area contributed by atoms with Gasteiger partial charge in [-0.15, -0.1) is 0 Å². The maximum absolute atomic E-state index is 12.6. The highest BCUT2D eigenvalue weighted by Gasteiger charge is 2.29. The maximum atomic E-state index is 12.6. The molecule has 0 radical (unpaired) electrons. The first kappa shape index (κ1) is 20.8. The molecule has 154 valence electrons. The number of piperidine rings is 1. The zero-order valence-corrected chi connectivity index (χ0v) is 17.1. The number of ether oxygens (including phenoxy) is 1. The van der Waals surface area contributed by atoms with E-state index in [1.165, 1.54) is 0 Å². The minimum atomic E-state index is -0.00970. The first-order chi connectivity index (χ1) is 13.6. The van der Waals surface area contributed by atoms with Crippen LogP contribution in [0.25, 0.3) is 0 Å². The number of hydrogen-bond donors (Lipinski definition) is 1. The molecule has 6 heteroatoms. The lowest BCUT2D eigenvalue weighted by Crippen LogP contribution is -2.53. The van der Waals surface area contributed by atoms with Crippen LogP contribution < -0.4 is 5.32 Å². The van der Waals surface area contributed by atoms with Crippen molar-refractivity contribution in [2.75, 3.05) is 45.9 Å². The summed E-state index contributed by atoms with van der Waals surface area (Å²) in [5.74, 6) is 0.684. The summed E-state index contributed by atoms with van der Waals surface area (Å²) in [6, 6.07) is 9.78. The number of benzene rings is 1. The molecule has 0 saturated carbocycles. The number of carbonyl (C=O) groups excluding carboxylic acids is 2. The normalized spacial score (nSPS) is 20.2. The Labute approximate surface area is 168 Å². The van der Waals surface area contributed by atoms with Gasteiger partial charge in [0.15, 0.2) is 5.78 Å². The average Bonchev–Trinajstić information content (AvgIpc) is 2.74. The van der Waals surface area contributed by atoms with Crippen molar-refractivity contribution in [1.82, 2.24) is 15.1 Å². The van der Waals surface area contributed by atoms with E-state index < -0.39 is 0 Å². The summed E-state index contributed by atoms with van der Waals surface area (Å²) in [5.41, 5.74) is 0.774. The zero-order valence-electron chi connectivity index (χ0n) is 17.1. The summed E-state index contributed by atoms with van der Waals surface area (Å²) < 4.78 is 5.45. The lowest BCUT2D eigenvalue weighted by molar-refractivity contribution is 0.00686. The average molecular weight is 388 g/mol. The largest absolute Gasteiger partial charge is 0.379 e. The van der Waals surface area contributed by atoms with Crippen LogP contribution >= 0.6 is 0 Å². The van der Waals surface area contributed by atoms with Gasteiger partial charge in [-0.1, -0.05) is 44.2 Å². The van der Waals surface area contributed by atoms with Gasteiger partial charge in [0.25, 0.3) is 0 Å². The Morgan fingerprint density at radius 3 is 2.32 bits per heavy atom. The number of nitrogens with one attached hydrogen (secondary N) is 1. The van der Waals surface area contributed by atoms with E-state index in [1.807, 2.05) is 35.2 Å². The Bertz CT molecular complexity index is 636. The number of amides is 2. The van der Waals surface area contributed by atoms with Gasteiger partial charge < -0.3 is 15.0 Å². The van der Waals surface area contributed by atoms with Gasteiger partial charge in [-0.3, -0.25) is 9.69 Å². The Balaban J connectivity index is 1.46. The molecule has 1 unspecified atom stereocenters. The fraction of sp³-hybridized carbons (Fsp3) is 0.636. The van der Waals surface area contributed by atoms with Crippen molar-refractivity contribution in [3.63, 3.8) is 0 Å². The standard InChI is InChI=1S/C22H33N3O3/c1-17(2)20(24-12-14-28-15-13-24)16-23-22(27)25-10-8-19(9-11-25)21(26)18-6-4-3-5-7-18/h3-7,17,19-20H,8-16H2,1-2H3,(H,23,27). The number of rotatable bonds is 6. The van der Waals surface area contributed by atoms with E-state index in [2.05, 4.69) is 24.1 Å². The number of ketones is 1.